The van der Waals surface area contributed by atoms with Crippen molar-refractivity contribution in [1.82, 2.24) is 10.3 Å². The molecular weight excluding hydrogens is 278 g/mol. The standard InChI is InChI=1S/C15H16F2N2O2/c1-21-15-11(3-2-6-19-15)8-18-9-14(20)10-4-5-12(16)13(17)7-10/h2-7,14,18,20H,8-9H2,1H3. The van der Waals surface area contributed by atoms with Gasteiger partial charge >= 0.3 is 0 Å². The minimum Gasteiger partial charge on any atom is -0.481 e. The molecule has 1 aromatic carbocycles. The molecule has 112 valence electrons. The van der Waals surface area contributed by atoms with E-state index < -0.39 is 17.7 Å². The smallest absolute Gasteiger partial charge is 0.217 e. The van der Waals surface area contributed by atoms with Crippen LogP contribution in [0.4, 0.5) is 8.78 Å². The number of pyridine rings is 1. The van der Waals surface area contributed by atoms with Gasteiger partial charge in [0.1, 0.15) is 0 Å². The number of ether oxygens (including phenoxy) is 1. The third-order valence-corrected chi connectivity index (χ3v) is 3.02. The lowest BCUT2D eigenvalue weighted by atomic mass is 10.1. The van der Waals surface area contributed by atoms with Crippen LogP contribution in [0.5, 0.6) is 5.88 Å². The molecule has 4 nitrogen and oxygen atoms in total. The maximum atomic E-state index is 13.1. The van der Waals surface area contributed by atoms with Gasteiger partial charge < -0.3 is 15.2 Å². The van der Waals surface area contributed by atoms with Crippen molar-refractivity contribution in [3.05, 3.63) is 59.3 Å². The second-order valence-corrected chi connectivity index (χ2v) is 4.49. The Hall–Kier alpha value is -2.05. The predicted octanol–water partition coefficient (Wildman–Crippen LogP) is 2.19. The van der Waals surface area contributed by atoms with E-state index in [-0.39, 0.29) is 6.54 Å². The van der Waals surface area contributed by atoms with Gasteiger partial charge in [0.2, 0.25) is 5.88 Å². The third kappa shape index (κ3) is 3.96. The molecule has 0 saturated heterocycles. The van der Waals surface area contributed by atoms with Crippen LogP contribution in [-0.2, 0) is 6.54 Å². The van der Waals surface area contributed by atoms with Gasteiger partial charge in [-0.15, -0.1) is 0 Å². The summed E-state index contributed by atoms with van der Waals surface area (Å²) < 4.78 is 31.0. The van der Waals surface area contributed by atoms with Crippen LogP contribution in [0.1, 0.15) is 17.2 Å². The average Bonchev–Trinajstić information content (AvgIpc) is 2.50. The highest BCUT2D eigenvalue weighted by Gasteiger charge is 2.11. The van der Waals surface area contributed by atoms with Crippen LogP contribution >= 0.6 is 0 Å². The molecule has 0 aliphatic heterocycles. The fraction of sp³-hybridized carbons (Fsp3) is 0.267. The Morgan fingerprint density at radius 1 is 1.29 bits per heavy atom. The van der Waals surface area contributed by atoms with Gasteiger partial charge in [-0.2, -0.15) is 0 Å². The zero-order valence-corrected chi connectivity index (χ0v) is 11.5. The van der Waals surface area contributed by atoms with Crippen molar-refractivity contribution in [3.8, 4) is 5.88 Å². The Kier molecular flexibility index (Phi) is 5.19. The van der Waals surface area contributed by atoms with Gasteiger partial charge in [0.25, 0.3) is 0 Å². The normalized spacial score (nSPS) is 12.2. The first-order valence-corrected chi connectivity index (χ1v) is 6.43. The van der Waals surface area contributed by atoms with Gasteiger partial charge in [-0.3, -0.25) is 0 Å². The molecule has 2 aromatic rings. The molecule has 1 unspecified atom stereocenters. The molecule has 0 spiro atoms. The van der Waals surface area contributed by atoms with Crippen LogP contribution in [0.25, 0.3) is 0 Å². The Bertz CT molecular complexity index is 608. The maximum Gasteiger partial charge on any atom is 0.217 e. The van der Waals surface area contributed by atoms with E-state index in [1.165, 1.54) is 13.2 Å². The van der Waals surface area contributed by atoms with E-state index in [4.69, 9.17) is 4.74 Å². The Morgan fingerprint density at radius 2 is 2.10 bits per heavy atom. The van der Waals surface area contributed by atoms with Crippen molar-refractivity contribution in [3.63, 3.8) is 0 Å². The minimum absolute atomic E-state index is 0.198. The lowest BCUT2D eigenvalue weighted by Crippen LogP contribution is -2.21. The summed E-state index contributed by atoms with van der Waals surface area (Å²) in [4.78, 5) is 4.06. The van der Waals surface area contributed by atoms with E-state index in [1.54, 1.807) is 12.3 Å². The molecule has 2 rings (SSSR count). The molecule has 21 heavy (non-hydrogen) atoms. The summed E-state index contributed by atoms with van der Waals surface area (Å²) >= 11 is 0. The molecule has 0 fully saturated rings. The molecule has 6 heteroatoms. The van der Waals surface area contributed by atoms with E-state index in [1.807, 2.05) is 6.07 Å². The number of aliphatic hydroxyl groups is 1. The summed E-state index contributed by atoms with van der Waals surface area (Å²) in [5.41, 5.74) is 1.16. The molecule has 0 bridgehead atoms. The van der Waals surface area contributed by atoms with Gasteiger partial charge in [0.15, 0.2) is 11.6 Å². The first-order valence-electron chi connectivity index (χ1n) is 6.43. The SMILES string of the molecule is COc1ncccc1CNCC(O)c1ccc(F)c(F)c1. The van der Waals surface area contributed by atoms with Crippen molar-refractivity contribution in [1.29, 1.82) is 0 Å². The molecule has 0 saturated carbocycles. The highest BCUT2D eigenvalue weighted by molar-refractivity contribution is 5.25. The van der Waals surface area contributed by atoms with Crippen LogP contribution in [0.15, 0.2) is 36.5 Å². The molecule has 1 aromatic heterocycles. The number of aliphatic hydroxyl groups excluding tert-OH is 1. The topological polar surface area (TPSA) is 54.4 Å². The summed E-state index contributed by atoms with van der Waals surface area (Å²) in [7, 11) is 1.53. The summed E-state index contributed by atoms with van der Waals surface area (Å²) in [6.07, 6.45) is 0.695. The van der Waals surface area contributed by atoms with Crippen LogP contribution in [0.3, 0.4) is 0 Å². The average molecular weight is 294 g/mol. The number of nitrogens with zero attached hydrogens (tertiary/aromatic N) is 1. The Morgan fingerprint density at radius 3 is 2.81 bits per heavy atom. The van der Waals surface area contributed by atoms with Gasteiger partial charge in [-0.05, 0) is 23.8 Å². The van der Waals surface area contributed by atoms with Crippen LogP contribution in [-0.4, -0.2) is 23.7 Å². The largest absolute Gasteiger partial charge is 0.481 e. The quantitative estimate of drug-likeness (QED) is 0.857. The number of aromatic nitrogens is 1. The highest BCUT2D eigenvalue weighted by Crippen LogP contribution is 2.17. The van der Waals surface area contributed by atoms with E-state index in [0.29, 0.717) is 18.0 Å². The molecular formula is C15H16F2N2O2. The molecule has 1 atom stereocenters. The Labute approximate surface area is 121 Å². The third-order valence-electron chi connectivity index (χ3n) is 3.02. The van der Waals surface area contributed by atoms with Crippen molar-refractivity contribution in [2.24, 2.45) is 0 Å². The van der Waals surface area contributed by atoms with Crippen molar-refractivity contribution >= 4 is 0 Å². The summed E-state index contributed by atoms with van der Waals surface area (Å²) in [6.45, 7) is 0.640. The number of hydrogen-bond donors (Lipinski definition) is 2. The van der Waals surface area contributed by atoms with Gasteiger partial charge in [0, 0.05) is 24.8 Å². The zero-order chi connectivity index (χ0) is 15.2. The number of nitrogens with one attached hydrogen (secondary N) is 1. The summed E-state index contributed by atoms with van der Waals surface area (Å²) in [5.74, 6) is -1.40. The molecule has 2 N–H and O–H groups in total. The zero-order valence-electron chi connectivity index (χ0n) is 11.5. The van der Waals surface area contributed by atoms with Gasteiger partial charge in [-0.1, -0.05) is 12.1 Å². The van der Waals surface area contributed by atoms with Crippen LogP contribution < -0.4 is 10.1 Å². The van der Waals surface area contributed by atoms with Crippen molar-refractivity contribution in [2.75, 3.05) is 13.7 Å². The van der Waals surface area contributed by atoms with Gasteiger partial charge in [0.05, 0.1) is 13.2 Å². The van der Waals surface area contributed by atoms with Gasteiger partial charge in [-0.25, -0.2) is 13.8 Å². The number of hydrogen-bond acceptors (Lipinski definition) is 4. The van der Waals surface area contributed by atoms with E-state index >= 15 is 0 Å². The number of benzene rings is 1. The number of halogens is 2. The highest BCUT2D eigenvalue weighted by atomic mass is 19.2. The van der Waals surface area contributed by atoms with Crippen LogP contribution in [0.2, 0.25) is 0 Å². The lowest BCUT2D eigenvalue weighted by molar-refractivity contribution is 0.173. The fourth-order valence-electron chi connectivity index (χ4n) is 1.92. The second-order valence-electron chi connectivity index (χ2n) is 4.49. The van der Waals surface area contributed by atoms with E-state index in [2.05, 4.69) is 10.3 Å². The monoisotopic (exact) mass is 294 g/mol. The van der Waals surface area contributed by atoms with E-state index in [9.17, 15) is 13.9 Å². The van der Waals surface area contributed by atoms with Crippen molar-refractivity contribution in [2.45, 2.75) is 12.6 Å². The number of methoxy groups -OCH3 is 1. The maximum absolute atomic E-state index is 13.1. The first kappa shape index (κ1) is 15.3. The molecule has 0 aliphatic rings. The van der Waals surface area contributed by atoms with Crippen LogP contribution in [0, 0.1) is 11.6 Å². The molecule has 1 heterocycles. The molecule has 0 amide bonds. The van der Waals surface area contributed by atoms with E-state index in [0.717, 1.165) is 17.7 Å². The second kappa shape index (κ2) is 7.10. The number of rotatable bonds is 6. The predicted molar refractivity (Wildman–Crippen MR) is 73.8 cm³/mol. The summed E-state index contributed by atoms with van der Waals surface area (Å²) in [5, 5.41) is 13.0. The minimum atomic E-state index is -0.972. The summed E-state index contributed by atoms with van der Waals surface area (Å²) in [6, 6.07) is 6.98. The Balaban J connectivity index is 1.92. The molecule has 0 radical (unpaired) electrons. The van der Waals surface area contributed by atoms with Crippen molar-refractivity contribution < 1.29 is 18.6 Å². The lowest BCUT2D eigenvalue weighted by Gasteiger charge is -2.13. The molecule has 0 aliphatic carbocycles. The fourth-order valence-corrected chi connectivity index (χ4v) is 1.92. The first-order chi connectivity index (χ1) is 10.1.